The summed E-state index contributed by atoms with van der Waals surface area (Å²) in [5.41, 5.74) is 1.15. The Kier molecular flexibility index (Phi) is 4.28. The molecule has 1 atom stereocenters. The van der Waals surface area contributed by atoms with Crippen molar-refractivity contribution in [3.05, 3.63) is 17.7 Å². The molecule has 0 aromatic heterocycles. The summed E-state index contributed by atoms with van der Waals surface area (Å²) in [5, 5.41) is 2.22. The molecule has 1 aromatic carbocycles. The third-order valence-corrected chi connectivity index (χ3v) is 2.90. The summed E-state index contributed by atoms with van der Waals surface area (Å²) in [6.07, 6.45) is 0. The van der Waals surface area contributed by atoms with Crippen LogP contribution in [0.3, 0.4) is 0 Å². The van der Waals surface area contributed by atoms with E-state index < -0.39 is 0 Å². The van der Waals surface area contributed by atoms with Crippen molar-refractivity contribution in [1.82, 2.24) is 0 Å². The van der Waals surface area contributed by atoms with Crippen molar-refractivity contribution in [2.24, 2.45) is 0 Å². The number of nitrogens with two attached hydrogens (primary N) is 1. The van der Waals surface area contributed by atoms with Gasteiger partial charge >= 0.3 is 0 Å². The Morgan fingerprint density at radius 1 is 1.33 bits per heavy atom. The normalized spacial score (nSPS) is 14.6. The number of quaternary nitrogens is 1. The molecule has 5 heteroatoms. The summed E-state index contributed by atoms with van der Waals surface area (Å²) in [7, 11) is 3.35. The van der Waals surface area contributed by atoms with Crippen LogP contribution in [0.15, 0.2) is 12.1 Å². The van der Waals surface area contributed by atoms with E-state index in [2.05, 4.69) is 12.2 Å². The van der Waals surface area contributed by atoms with E-state index in [1.165, 1.54) is 0 Å². The predicted octanol–water partition coefficient (Wildman–Crippen LogP) is 0.522. The number of methoxy groups -OCH3 is 2. The maximum absolute atomic E-state index is 5.40. The number of ether oxygens (including phenoxy) is 4. The van der Waals surface area contributed by atoms with Crippen LogP contribution in [0, 0.1) is 0 Å². The molecule has 0 amide bonds. The molecule has 1 heterocycles. The molecule has 0 spiro atoms. The second-order valence-corrected chi connectivity index (χ2v) is 4.40. The zero-order valence-electron chi connectivity index (χ0n) is 11.1. The third-order valence-electron chi connectivity index (χ3n) is 2.90. The fraction of sp³-hybridized carbons (Fsp3) is 0.538. The van der Waals surface area contributed by atoms with Crippen LogP contribution in [0.5, 0.6) is 17.2 Å². The second-order valence-electron chi connectivity index (χ2n) is 4.40. The Morgan fingerprint density at radius 3 is 2.89 bits per heavy atom. The Morgan fingerprint density at radius 2 is 2.17 bits per heavy atom. The molecular weight excluding hydrogens is 234 g/mol. The highest BCUT2D eigenvalue weighted by Gasteiger charge is 2.20. The first-order chi connectivity index (χ1) is 8.74. The number of benzene rings is 1. The van der Waals surface area contributed by atoms with Crippen molar-refractivity contribution in [3.63, 3.8) is 0 Å². The van der Waals surface area contributed by atoms with E-state index in [9.17, 15) is 0 Å². The van der Waals surface area contributed by atoms with Crippen molar-refractivity contribution in [3.8, 4) is 17.2 Å². The van der Waals surface area contributed by atoms with Crippen LogP contribution >= 0.6 is 0 Å². The highest BCUT2D eigenvalue weighted by molar-refractivity contribution is 5.54. The van der Waals surface area contributed by atoms with Gasteiger partial charge in [-0.2, -0.15) is 0 Å². The van der Waals surface area contributed by atoms with E-state index in [4.69, 9.17) is 18.9 Å². The minimum Gasteiger partial charge on any atom is -0.493 e. The fourth-order valence-corrected chi connectivity index (χ4v) is 1.97. The van der Waals surface area contributed by atoms with Gasteiger partial charge in [-0.05, 0) is 19.1 Å². The van der Waals surface area contributed by atoms with Crippen LogP contribution in [-0.2, 0) is 11.3 Å². The Hall–Kier alpha value is -1.46. The molecule has 0 bridgehead atoms. The molecule has 18 heavy (non-hydrogen) atoms. The molecule has 2 rings (SSSR count). The molecule has 0 aliphatic carbocycles. The van der Waals surface area contributed by atoms with Gasteiger partial charge in [0.1, 0.15) is 12.6 Å². The molecule has 2 N–H and O–H groups in total. The van der Waals surface area contributed by atoms with Crippen molar-refractivity contribution in [2.75, 3.05) is 27.6 Å². The van der Waals surface area contributed by atoms with E-state index in [1.54, 1.807) is 14.2 Å². The Balaban J connectivity index is 2.05. The van der Waals surface area contributed by atoms with E-state index >= 15 is 0 Å². The van der Waals surface area contributed by atoms with Gasteiger partial charge < -0.3 is 24.3 Å². The third kappa shape index (κ3) is 2.86. The lowest BCUT2D eigenvalue weighted by Crippen LogP contribution is -2.88. The average Bonchev–Trinajstić information content (AvgIpc) is 2.83. The lowest BCUT2D eigenvalue weighted by atomic mass is 10.1. The van der Waals surface area contributed by atoms with Crippen molar-refractivity contribution in [1.29, 1.82) is 0 Å². The number of hydrogen-bond acceptors (Lipinski definition) is 4. The van der Waals surface area contributed by atoms with Gasteiger partial charge in [0.2, 0.25) is 12.5 Å². The van der Waals surface area contributed by atoms with Crippen LogP contribution in [0.4, 0.5) is 0 Å². The van der Waals surface area contributed by atoms with E-state index in [-0.39, 0.29) is 6.79 Å². The molecule has 0 saturated carbocycles. The fourth-order valence-electron chi connectivity index (χ4n) is 1.97. The lowest BCUT2D eigenvalue weighted by molar-refractivity contribution is -0.702. The summed E-state index contributed by atoms with van der Waals surface area (Å²) in [6.45, 7) is 3.99. The summed E-state index contributed by atoms with van der Waals surface area (Å²) in [5.74, 6) is 2.19. The number of rotatable bonds is 6. The Bertz CT molecular complexity index is 408. The summed E-state index contributed by atoms with van der Waals surface area (Å²) >= 11 is 0. The Labute approximate surface area is 107 Å². The predicted molar refractivity (Wildman–Crippen MR) is 66.1 cm³/mol. The number of hydrogen-bond donors (Lipinski definition) is 1. The minimum atomic E-state index is 0.263. The van der Waals surface area contributed by atoms with Gasteiger partial charge in [0.25, 0.3) is 0 Å². The molecular formula is C13H20NO4+. The first-order valence-electron chi connectivity index (χ1n) is 6.03. The van der Waals surface area contributed by atoms with Crippen molar-refractivity contribution in [2.45, 2.75) is 19.5 Å². The molecule has 0 radical (unpaired) electrons. The summed E-state index contributed by atoms with van der Waals surface area (Å²) in [6, 6.07) is 4.41. The van der Waals surface area contributed by atoms with E-state index in [0.29, 0.717) is 11.8 Å². The highest BCUT2D eigenvalue weighted by atomic mass is 16.7. The topological polar surface area (TPSA) is 53.5 Å². The quantitative estimate of drug-likeness (QED) is 0.804. The average molecular weight is 254 g/mol. The van der Waals surface area contributed by atoms with E-state index in [1.807, 2.05) is 12.1 Å². The monoisotopic (exact) mass is 254 g/mol. The van der Waals surface area contributed by atoms with E-state index in [0.717, 1.165) is 30.2 Å². The molecule has 0 unspecified atom stereocenters. The first-order valence-corrected chi connectivity index (χ1v) is 6.03. The van der Waals surface area contributed by atoms with Gasteiger partial charge in [0, 0.05) is 12.7 Å². The number of fused-ring (bicyclic) bond motifs is 1. The lowest BCUT2D eigenvalue weighted by Gasteiger charge is -2.11. The molecule has 100 valence electrons. The largest absolute Gasteiger partial charge is 0.493 e. The molecule has 1 aliphatic heterocycles. The zero-order valence-corrected chi connectivity index (χ0v) is 11.1. The second kappa shape index (κ2) is 5.93. The van der Waals surface area contributed by atoms with Gasteiger partial charge in [0.05, 0.1) is 13.7 Å². The van der Waals surface area contributed by atoms with Gasteiger partial charge in [-0.1, -0.05) is 0 Å². The minimum absolute atomic E-state index is 0.263. The van der Waals surface area contributed by atoms with Gasteiger partial charge in [0.15, 0.2) is 11.5 Å². The van der Waals surface area contributed by atoms with Gasteiger partial charge in [-0.15, -0.1) is 0 Å². The zero-order chi connectivity index (χ0) is 13.0. The van der Waals surface area contributed by atoms with Gasteiger partial charge in [-0.3, -0.25) is 0 Å². The van der Waals surface area contributed by atoms with Crippen molar-refractivity contribution < 1.29 is 24.3 Å². The maximum atomic E-state index is 5.40. The molecule has 5 nitrogen and oxygen atoms in total. The van der Waals surface area contributed by atoms with Crippen LogP contribution in [0.2, 0.25) is 0 Å². The highest BCUT2D eigenvalue weighted by Crippen LogP contribution is 2.41. The standard InChI is InChI=1S/C13H19NO4/c1-9(7-15-2)14-6-10-4-11(16-3)13-12(5-10)17-8-18-13/h4-5,9,14H,6-8H2,1-3H3/p+1/t9-/m1/s1. The van der Waals surface area contributed by atoms with Crippen LogP contribution in [0.1, 0.15) is 12.5 Å². The molecule has 0 saturated heterocycles. The summed E-state index contributed by atoms with van der Waals surface area (Å²) in [4.78, 5) is 0. The van der Waals surface area contributed by atoms with Crippen molar-refractivity contribution >= 4 is 0 Å². The smallest absolute Gasteiger partial charge is 0.231 e. The first kappa shape index (κ1) is 13.0. The maximum Gasteiger partial charge on any atom is 0.231 e. The van der Waals surface area contributed by atoms with Crippen LogP contribution in [0.25, 0.3) is 0 Å². The molecule has 0 fully saturated rings. The van der Waals surface area contributed by atoms with Crippen LogP contribution < -0.4 is 19.5 Å². The summed E-state index contributed by atoms with van der Waals surface area (Å²) < 4.78 is 21.2. The molecule has 1 aliphatic rings. The SMILES string of the molecule is COC[C@@H](C)[NH2+]Cc1cc(OC)c2c(c1)OCO2. The van der Waals surface area contributed by atoms with Crippen LogP contribution in [-0.4, -0.2) is 33.7 Å². The molecule has 1 aromatic rings. The van der Waals surface area contributed by atoms with Gasteiger partial charge in [-0.25, -0.2) is 0 Å².